The first kappa shape index (κ1) is 16.7. The first-order valence-corrected chi connectivity index (χ1v) is 8.65. The Morgan fingerprint density at radius 3 is 2.62 bits per heavy atom. The molecule has 1 aromatic carbocycles. The molecule has 0 bridgehead atoms. The Hall–Kier alpha value is -2.80. The number of hydrogen-bond acceptors (Lipinski definition) is 6. The van der Waals surface area contributed by atoms with Crippen molar-refractivity contribution in [1.29, 1.82) is 0 Å². The molecule has 2 aliphatic rings. The molecule has 4 rings (SSSR count). The highest BCUT2D eigenvalue weighted by molar-refractivity contribution is 6.22. The molecule has 2 aromatic rings. The Morgan fingerprint density at radius 1 is 1.15 bits per heavy atom. The molecule has 1 aliphatic carbocycles. The minimum absolute atomic E-state index is 0.000461. The van der Waals surface area contributed by atoms with Gasteiger partial charge in [0.05, 0.1) is 5.70 Å². The minimum atomic E-state index is -0.399. The lowest BCUT2D eigenvalue weighted by atomic mass is 10.0. The lowest BCUT2D eigenvalue weighted by Gasteiger charge is -2.17. The number of Topliss-reactive ketones (excluding diaryl/α,β-unsaturated/α-hetero) is 1. The number of carbonyl (C=O) groups excluding carboxylic acids is 2. The van der Waals surface area contributed by atoms with Crippen LogP contribution in [0, 0.1) is 5.82 Å². The number of allylic oxidation sites excluding steroid dienone is 2. The number of likely N-dealkylation sites (tertiary alicyclic amines) is 1. The zero-order valence-corrected chi connectivity index (χ0v) is 14.1. The lowest BCUT2D eigenvalue weighted by Crippen LogP contribution is -2.33. The van der Waals surface area contributed by atoms with E-state index in [0.717, 1.165) is 19.6 Å². The van der Waals surface area contributed by atoms with Gasteiger partial charge in [-0.05, 0) is 50.2 Å². The van der Waals surface area contributed by atoms with Crippen LogP contribution in [0.15, 0.2) is 40.5 Å². The van der Waals surface area contributed by atoms with E-state index < -0.39 is 5.78 Å². The maximum absolute atomic E-state index is 13.1. The molecule has 1 N–H and O–H groups in total. The van der Waals surface area contributed by atoms with E-state index in [4.69, 9.17) is 4.42 Å². The molecule has 1 aliphatic heterocycles. The molecule has 1 aromatic heterocycles. The molecule has 1 saturated heterocycles. The van der Waals surface area contributed by atoms with E-state index in [1.165, 1.54) is 43.2 Å². The number of carbonyl (C=O) groups is 2. The third-order valence-corrected chi connectivity index (χ3v) is 4.62. The molecule has 0 unspecified atom stereocenters. The molecule has 1 fully saturated rings. The molecule has 0 spiro atoms. The van der Waals surface area contributed by atoms with Crippen LogP contribution < -0.4 is 5.32 Å². The monoisotopic (exact) mass is 355 g/mol. The number of ketones is 2. The summed E-state index contributed by atoms with van der Waals surface area (Å²) in [6, 6.07) is 5.52. The maximum Gasteiger partial charge on any atom is 0.231 e. The van der Waals surface area contributed by atoms with Crippen molar-refractivity contribution in [1.82, 2.24) is 15.2 Å². The summed E-state index contributed by atoms with van der Waals surface area (Å²) in [6.07, 6.45) is 3.66. The second kappa shape index (κ2) is 6.84. The summed E-state index contributed by atoms with van der Waals surface area (Å²) in [7, 11) is 0. The van der Waals surface area contributed by atoms with Crippen molar-refractivity contribution >= 4 is 11.6 Å². The Balaban J connectivity index is 1.50. The number of halogens is 1. The van der Waals surface area contributed by atoms with Gasteiger partial charge in [0.1, 0.15) is 5.82 Å². The van der Waals surface area contributed by atoms with Crippen LogP contribution >= 0.6 is 0 Å². The van der Waals surface area contributed by atoms with Crippen molar-refractivity contribution in [3.8, 4) is 11.5 Å². The van der Waals surface area contributed by atoms with Gasteiger partial charge in [0.25, 0.3) is 0 Å². The number of nitrogens with one attached hydrogen (secondary N) is 1. The molecule has 0 saturated carbocycles. The van der Waals surface area contributed by atoms with Crippen molar-refractivity contribution in [2.45, 2.75) is 12.8 Å². The molecule has 0 atom stereocenters. The fraction of sp³-hybridized carbons (Fsp3) is 0.316. The van der Waals surface area contributed by atoms with Crippen LogP contribution in [0.5, 0.6) is 0 Å². The Bertz CT molecular complexity index is 880. The summed E-state index contributed by atoms with van der Waals surface area (Å²) in [6.45, 7) is 3.55. The Kier molecular flexibility index (Phi) is 4.38. The number of fused-ring (bicyclic) bond motifs is 1. The first-order chi connectivity index (χ1) is 12.6. The van der Waals surface area contributed by atoms with Gasteiger partial charge < -0.3 is 14.6 Å². The molecule has 7 heteroatoms. The fourth-order valence-electron chi connectivity index (χ4n) is 3.23. The first-order valence-electron chi connectivity index (χ1n) is 8.65. The van der Waals surface area contributed by atoms with E-state index in [1.54, 1.807) is 0 Å². The molecule has 0 amide bonds. The van der Waals surface area contributed by atoms with Crippen molar-refractivity contribution in [3.63, 3.8) is 0 Å². The van der Waals surface area contributed by atoms with Crippen LogP contribution in [0.2, 0.25) is 0 Å². The van der Waals surface area contributed by atoms with E-state index in [1.807, 2.05) is 0 Å². The van der Waals surface area contributed by atoms with Crippen molar-refractivity contribution < 1.29 is 18.4 Å². The number of rotatable bonds is 5. The second-order valence-electron chi connectivity index (χ2n) is 6.43. The zero-order chi connectivity index (χ0) is 18.1. The topological polar surface area (TPSA) is 75.4 Å². The van der Waals surface area contributed by atoms with Gasteiger partial charge in [-0.15, -0.1) is 0 Å². The summed E-state index contributed by atoms with van der Waals surface area (Å²) in [4.78, 5) is 31.4. The number of oxazole rings is 1. The quantitative estimate of drug-likeness (QED) is 0.888. The lowest BCUT2D eigenvalue weighted by molar-refractivity contribution is 0.0960. The minimum Gasteiger partial charge on any atom is -0.432 e. The highest BCUT2D eigenvalue weighted by atomic mass is 19.1. The number of nitrogens with zero attached hydrogens (tertiary/aromatic N) is 2. The van der Waals surface area contributed by atoms with Gasteiger partial charge in [-0.2, -0.15) is 0 Å². The van der Waals surface area contributed by atoms with Crippen molar-refractivity contribution in [2.75, 3.05) is 26.2 Å². The SMILES string of the molecule is O=C1C(NCCN2CCCC2)=CC(=O)c2oc(-c3ccc(F)cc3)nc21. The predicted octanol–water partition coefficient (Wildman–Crippen LogP) is 2.43. The van der Waals surface area contributed by atoms with Gasteiger partial charge in [-0.3, -0.25) is 9.59 Å². The van der Waals surface area contributed by atoms with Gasteiger partial charge in [0.15, 0.2) is 5.69 Å². The number of aromatic nitrogens is 1. The summed E-state index contributed by atoms with van der Waals surface area (Å²) in [5.74, 6) is -1.09. The van der Waals surface area contributed by atoms with Gasteiger partial charge in [0.2, 0.25) is 23.2 Å². The largest absolute Gasteiger partial charge is 0.432 e. The smallest absolute Gasteiger partial charge is 0.231 e. The fourth-order valence-corrected chi connectivity index (χ4v) is 3.23. The molecule has 26 heavy (non-hydrogen) atoms. The number of hydrogen-bond donors (Lipinski definition) is 1. The van der Waals surface area contributed by atoms with Gasteiger partial charge in [-0.1, -0.05) is 0 Å². The molecule has 6 nitrogen and oxygen atoms in total. The molecular weight excluding hydrogens is 337 g/mol. The average molecular weight is 355 g/mol. The Morgan fingerprint density at radius 2 is 1.88 bits per heavy atom. The average Bonchev–Trinajstić information content (AvgIpc) is 3.30. The zero-order valence-electron chi connectivity index (χ0n) is 14.1. The van der Waals surface area contributed by atoms with Crippen molar-refractivity contribution in [3.05, 3.63) is 53.3 Å². The van der Waals surface area contributed by atoms with Crippen LogP contribution in [-0.2, 0) is 0 Å². The summed E-state index contributed by atoms with van der Waals surface area (Å²) >= 11 is 0. The van der Waals surface area contributed by atoms with Crippen LogP contribution in [0.1, 0.15) is 33.9 Å². The van der Waals surface area contributed by atoms with E-state index in [9.17, 15) is 14.0 Å². The summed E-state index contributed by atoms with van der Waals surface area (Å²) in [5.41, 5.74) is 0.742. The van der Waals surface area contributed by atoms with Crippen LogP contribution in [-0.4, -0.2) is 47.6 Å². The van der Waals surface area contributed by atoms with Gasteiger partial charge in [0, 0.05) is 24.7 Å². The predicted molar refractivity (Wildman–Crippen MR) is 92.3 cm³/mol. The number of benzene rings is 1. The maximum atomic E-state index is 13.1. The summed E-state index contributed by atoms with van der Waals surface area (Å²) in [5, 5.41) is 3.04. The van der Waals surface area contributed by atoms with Crippen LogP contribution in [0.3, 0.4) is 0 Å². The van der Waals surface area contributed by atoms with Crippen LogP contribution in [0.4, 0.5) is 4.39 Å². The van der Waals surface area contributed by atoms with Crippen molar-refractivity contribution in [2.24, 2.45) is 0 Å². The standard InChI is InChI=1S/C19H18FN3O3/c20-13-5-3-12(4-6-13)19-22-16-17(25)14(11-15(24)18(16)26-19)21-7-10-23-8-1-2-9-23/h3-6,11,21H,1-2,7-10H2. The molecule has 2 heterocycles. The van der Waals surface area contributed by atoms with E-state index in [2.05, 4.69) is 15.2 Å². The summed E-state index contributed by atoms with van der Waals surface area (Å²) < 4.78 is 18.5. The third-order valence-electron chi connectivity index (χ3n) is 4.62. The van der Waals surface area contributed by atoms with Gasteiger partial charge in [-0.25, -0.2) is 9.37 Å². The Labute approximate surface area is 149 Å². The molecule has 134 valence electrons. The van der Waals surface area contributed by atoms with Gasteiger partial charge >= 0.3 is 0 Å². The second-order valence-corrected chi connectivity index (χ2v) is 6.43. The highest BCUT2D eigenvalue weighted by Crippen LogP contribution is 2.27. The normalized spacial score (nSPS) is 17.3. The molecule has 0 radical (unpaired) electrons. The molecular formula is C19H18FN3O3. The third kappa shape index (κ3) is 3.17. The van der Waals surface area contributed by atoms with E-state index in [-0.39, 0.29) is 34.6 Å². The van der Waals surface area contributed by atoms with E-state index in [0.29, 0.717) is 12.1 Å². The highest BCUT2D eigenvalue weighted by Gasteiger charge is 2.32. The van der Waals surface area contributed by atoms with Crippen LogP contribution in [0.25, 0.3) is 11.5 Å². The van der Waals surface area contributed by atoms with E-state index >= 15 is 0 Å².